The fourth-order valence-corrected chi connectivity index (χ4v) is 2.70. The van der Waals surface area contributed by atoms with E-state index < -0.39 is 5.82 Å². The zero-order valence-corrected chi connectivity index (χ0v) is 13.9. The van der Waals surface area contributed by atoms with Gasteiger partial charge in [0.05, 0.1) is 0 Å². The minimum atomic E-state index is -0.408. The summed E-state index contributed by atoms with van der Waals surface area (Å²) in [5, 5.41) is 7.14. The first-order chi connectivity index (χ1) is 11.5. The average molecular weight is 331 g/mol. The average Bonchev–Trinajstić information content (AvgIpc) is 3.30. The summed E-state index contributed by atoms with van der Waals surface area (Å²) in [6.07, 6.45) is 2.16. The van der Waals surface area contributed by atoms with Crippen molar-refractivity contribution in [3.8, 4) is 5.69 Å². The number of nitrogens with one attached hydrogen (secondary N) is 1. The lowest BCUT2D eigenvalue weighted by atomic mass is 10.2. The summed E-state index contributed by atoms with van der Waals surface area (Å²) in [6, 6.07) is 6.25. The first-order valence-corrected chi connectivity index (χ1v) is 8.24. The Morgan fingerprint density at radius 1 is 1.42 bits per heavy atom. The number of hydrogen-bond donors (Lipinski definition) is 2. The standard InChI is InChI=1S/C17H22FN5O/c1-10(2)16-21-15(17(24)20-13(9-19)11-7-8-11)22-23(16)14-6-4-3-5-12(14)18/h3-6,10-11,13H,7-9,19H2,1-2H3,(H,20,24). The van der Waals surface area contributed by atoms with Crippen molar-refractivity contribution in [2.75, 3.05) is 6.54 Å². The van der Waals surface area contributed by atoms with Crippen LogP contribution in [0.2, 0.25) is 0 Å². The SMILES string of the molecule is CC(C)c1nc(C(=O)NC(CN)C2CC2)nn1-c1ccccc1F. The maximum atomic E-state index is 14.1. The van der Waals surface area contributed by atoms with E-state index >= 15 is 0 Å². The van der Waals surface area contributed by atoms with Crippen LogP contribution in [0.3, 0.4) is 0 Å². The third-order valence-corrected chi connectivity index (χ3v) is 4.19. The van der Waals surface area contributed by atoms with Crippen molar-refractivity contribution in [3.05, 3.63) is 41.7 Å². The van der Waals surface area contributed by atoms with Crippen LogP contribution in [0.25, 0.3) is 5.69 Å². The molecule has 0 radical (unpaired) electrons. The molecule has 1 atom stereocenters. The molecule has 24 heavy (non-hydrogen) atoms. The van der Waals surface area contributed by atoms with E-state index in [0.29, 0.717) is 18.3 Å². The molecule has 1 heterocycles. The van der Waals surface area contributed by atoms with E-state index in [4.69, 9.17) is 5.73 Å². The predicted molar refractivity (Wildman–Crippen MR) is 88.4 cm³/mol. The molecule has 7 heteroatoms. The topological polar surface area (TPSA) is 85.8 Å². The van der Waals surface area contributed by atoms with E-state index in [2.05, 4.69) is 15.4 Å². The molecular weight excluding hydrogens is 309 g/mol. The van der Waals surface area contributed by atoms with Gasteiger partial charge in [-0.05, 0) is 30.9 Å². The van der Waals surface area contributed by atoms with Crippen molar-refractivity contribution in [1.82, 2.24) is 20.1 Å². The van der Waals surface area contributed by atoms with Crippen molar-refractivity contribution in [2.45, 2.75) is 38.6 Å². The van der Waals surface area contributed by atoms with Crippen LogP contribution >= 0.6 is 0 Å². The van der Waals surface area contributed by atoms with E-state index in [-0.39, 0.29) is 29.4 Å². The van der Waals surface area contributed by atoms with Gasteiger partial charge < -0.3 is 11.1 Å². The van der Waals surface area contributed by atoms with Gasteiger partial charge in [0.15, 0.2) is 0 Å². The highest BCUT2D eigenvalue weighted by atomic mass is 19.1. The lowest BCUT2D eigenvalue weighted by Gasteiger charge is -2.14. The number of amides is 1. The number of aromatic nitrogens is 3. The molecule has 0 saturated heterocycles. The number of rotatable bonds is 6. The number of hydrogen-bond acceptors (Lipinski definition) is 4. The van der Waals surface area contributed by atoms with Crippen LogP contribution < -0.4 is 11.1 Å². The molecule has 1 aromatic carbocycles. The van der Waals surface area contributed by atoms with E-state index in [0.717, 1.165) is 12.8 Å². The van der Waals surface area contributed by atoms with Crippen LogP contribution in [0.4, 0.5) is 4.39 Å². The number of carbonyl (C=O) groups excluding carboxylic acids is 1. The Hall–Kier alpha value is -2.28. The minimum Gasteiger partial charge on any atom is -0.345 e. The number of benzene rings is 1. The van der Waals surface area contributed by atoms with Gasteiger partial charge in [-0.3, -0.25) is 4.79 Å². The molecule has 3 N–H and O–H groups in total. The maximum absolute atomic E-state index is 14.1. The van der Waals surface area contributed by atoms with Gasteiger partial charge in [0, 0.05) is 18.5 Å². The smallest absolute Gasteiger partial charge is 0.291 e. The largest absolute Gasteiger partial charge is 0.345 e. The first kappa shape index (κ1) is 16.6. The van der Waals surface area contributed by atoms with Gasteiger partial charge in [-0.2, -0.15) is 0 Å². The van der Waals surface area contributed by atoms with Gasteiger partial charge >= 0.3 is 0 Å². The second-order valence-electron chi connectivity index (χ2n) is 6.46. The summed E-state index contributed by atoms with van der Waals surface area (Å²) < 4.78 is 15.5. The van der Waals surface area contributed by atoms with Crippen LogP contribution in [0, 0.1) is 11.7 Å². The molecule has 1 aliphatic carbocycles. The molecule has 1 amide bonds. The molecule has 0 spiro atoms. The Morgan fingerprint density at radius 3 is 2.71 bits per heavy atom. The molecule has 0 aliphatic heterocycles. The summed E-state index contributed by atoms with van der Waals surface area (Å²) in [7, 11) is 0. The van der Waals surface area contributed by atoms with E-state index in [9.17, 15) is 9.18 Å². The van der Waals surface area contributed by atoms with E-state index in [1.54, 1.807) is 18.2 Å². The fraction of sp³-hybridized carbons (Fsp3) is 0.471. The minimum absolute atomic E-state index is 0.00704. The molecule has 1 aromatic heterocycles. The number of nitrogens with two attached hydrogens (primary N) is 1. The van der Waals surface area contributed by atoms with Gasteiger partial charge in [0.1, 0.15) is 17.3 Å². The van der Waals surface area contributed by atoms with Gasteiger partial charge in [-0.25, -0.2) is 14.1 Å². The summed E-state index contributed by atoms with van der Waals surface area (Å²) in [4.78, 5) is 16.8. The zero-order valence-electron chi connectivity index (χ0n) is 13.9. The van der Waals surface area contributed by atoms with Crippen molar-refractivity contribution < 1.29 is 9.18 Å². The highest BCUT2D eigenvalue weighted by Gasteiger charge is 2.32. The number of halogens is 1. The summed E-state index contributed by atoms with van der Waals surface area (Å²) >= 11 is 0. The van der Waals surface area contributed by atoms with Crippen molar-refractivity contribution in [2.24, 2.45) is 11.7 Å². The number of carbonyl (C=O) groups is 1. The first-order valence-electron chi connectivity index (χ1n) is 8.24. The highest BCUT2D eigenvalue weighted by molar-refractivity contribution is 5.90. The van der Waals surface area contributed by atoms with Crippen LogP contribution in [0.5, 0.6) is 0 Å². The maximum Gasteiger partial charge on any atom is 0.291 e. The van der Waals surface area contributed by atoms with E-state index in [1.165, 1.54) is 10.7 Å². The van der Waals surface area contributed by atoms with Gasteiger partial charge in [-0.1, -0.05) is 26.0 Å². The second kappa shape index (κ2) is 6.68. The summed E-state index contributed by atoms with van der Waals surface area (Å²) in [6.45, 7) is 4.24. The predicted octanol–water partition coefficient (Wildman–Crippen LogP) is 2.00. The monoisotopic (exact) mass is 331 g/mol. The van der Waals surface area contributed by atoms with Crippen LogP contribution in [0.15, 0.2) is 24.3 Å². The highest BCUT2D eigenvalue weighted by Crippen LogP contribution is 2.32. The number of nitrogens with zero attached hydrogens (tertiary/aromatic N) is 3. The Morgan fingerprint density at radius 2 is 2.12 bits per heavy atom. The Balaban J connectivity index is 1.91. The second-order valence-corrected chi connectivity index (χ2v) is 6.46. The van der Waals surface area contributed by atoms with Gasteiger partial charge in [-0.15, -0.1) is 5.10 Å². The summed E-state index contributed by atoms with van der Waals surface area (Å²) in [5.41, 5.74) is 6.01. The lowest BCUT2D eigenvalue weighted by Crippen LogP contribution is -2.42. The third kappa shape index (κ3) is 3.31. The molecule has 1 unspecified atom stereocenters. The number of para-hydroxylation sites is 1. The van der Waals surface area contributed by atoms with Gasteiger partial charge in [0.2, 0.25) is 5.82 Å². The zero-order chi connectivity index (χ0) is 17.3. The molecule has 128 valence electrons. The third-order valence-electron chi connectivity index (χ3n) is 4.19. The Labute approximate surface area is 140 Å². The van der Waals surface area contributed by atoms with E-state index in [1.807, 2.05) is 13.8 Å². The van der Waals surface area contributed by atoms with Crippen LogP contribution in [-0.2, 0) is 0 Å². The normalized spacial score (nSPS) is 15.5. The van der Waals surface area contributed by atoms with Crippen LogP contribution in [-0.4, -0.2) is 33.3 Å². The van der Waals surface area contributed by atoms with Crippen molar-refractivity contribution in [3.63, 3.8) is 0 Å². The quantitative estimate of drug-likeness (QED) is 0.848. The molecule has 6 nitrogen and oxygen atoms in total. The molecule has 0 bridgehead atoms. The van der Waals surface area contributed by atoms with Gasteiger partial charge in [0.25, 0.3) is 5.91 Å². The molecule has 1 saturated carbocycles. The Bertz CT molecular complexity index is 738. The molecular formula is C17H22FN5O. The molecule has 3 rings (SSSR count). The molecule has 1 fully saturated rings. The van der Waals surface area contributed by atoms with Crippen LogP contribution in [0.1, 0.15) is 49.1 Å². The molecule has 2 aromatic rings. The fourth-order valence-electron chi connectivity index (χ4n) is 2.70. The Kier molecular flexibility index (Phi) is 4.62. The van der Waals surface area contributed by atoms with Crippen molar-refractivity contribution in [1.29, 1.82) is 0 Å². The van der Waals surface area contributed by atoms with Crippen molar-refractivity contribution >= 4 is 5.91 Å². The molecule has 1 aliphatic rings. The summed E-state index contributed by atoms with van der Waals surface area (Å²) in [5.74, 6) is 0.245. The lowest BCUT2D eigenvalue weighted by molar-refractivity contribution is 0.0923.